The largest absolute Gasteiger partial charge is 0.287 e. The van der Waals surface area contributed by atoms with Gasteiger partial charge in [0.05, 0.1) is 11.2 Å². The van der Waals surface area contributed by atoms with Gasteiger partial charge in [-0.05, 0) is 18.2 Å². The molecule has 0 unspecified atom stereocenters. The lowest BCUT2D eigenvalue weighted by molar-refractivity contribution is 0.103. The maximum atomic E-state index is 11.8. The number of nitrogens with one attached hydrogen (secondary N) is 1. The first-order chi connectivity index (χ1) is 7.18. The zero-order chi connectivity index (χ0) is 10.8. The summed E-state index contributed by atoms with van der Waals surface area (Å²) in [6, 6.07) is 4.67. The van der Waals surface area contributed by atoms with Gasteiger partial charge >= 0.3 is 0 Å². The lowest BCUT2D eigenvalue weighted by atomic mass is 10.1. The van der Waals surface area contributed by atoms with Crippen LogP contribution in [0, 0.1) is 0 Å². The summed E-state index contributed by atoms with van der Waals surface area (Å²) in [5.41, 5.74) is 0.578. The van der Waals surface area contributed by atoms with Crippen LogP contribution in [0.3, 0.4) is 0 Å². The third kappa shape index (κ3) is 2.00. The van der Waals surface area contributed by atoms with Crippen LogP contribution >= 0.6 is 23.2 Å². The minimum atomic E-state index is -0.287. The number of carbonyl (C=O) groups is 1. The second-order valence-corrected chi connectivity index (χ2v) is 3.65. The highest BCUT2D eigenvalue weighted by Gasteiger charge is 2.15. The van der Waals surface area contributed by atoms with E-state index < -0.39 is 0 Å². The summed E-state index contributed by atoms with van der Waals surface area (Å²) in [5, 5.41) is 10.4. The van der Waals surface area contributed by atoms with Crippen molar-refractivity contribution in [1.29, 1.82) is 0 Å². The second kappa shape index (κ2) is 4.00. The van der Waals surface area contributed by atoms with Crippen LogP contribution in [0.4, 0.5) is 0 Å². The zero-order valence-electron chi connectivity index (χ0n) is 7.37. The number of carbonyl (C=O) groups excluding carboxylic acids is 1. The molecule has 6 heteroatoms. The average Bonchev–Trinajstić information content (AvgIpc) is 2.69. The van der Waals surface area contributed by atoms with Gasteiger partial charge in [0.1, 0.15) is 0 Å². The number of halogens is 2. The molecule has 0 saturated carbocycles. The van der Waals surface area contributed by atoms with Gasteiger partial charge in [-0.25, -0.2) is 0 Å². The Morgan fingerprint density at radius 3 is 2.73 bits per heavy atom. The summed E-state index contributed by atoms with van der Waals surface area (Å²) in [6.07, 6.45) is 1.34. The van der Waals surface area contributed by atoms with Crippen molar-refractivity contribution >= 4 is 29.0 Å². The van der Waals surface area contributed by atoms with E-state index in [2.05, 4.69) is 15.4 Å². The van der Waals surface area contributed by atoms with Crippen LogP contribution < -0.4 is 0 Å². The van der Waals surface area contributed by atoms with Crippen LogP contribution in [-0.2, 0) is 0 Å². The normalized spacial score (nSPS) is 10.3. The van der Waals surface area contributed by atoms with E-state index in [1.165, 1.54) is 12.3 Å². The predicted octanol–water partition coefficient (Wildman–Crippen LogP) is 2.34. The second-order valence-electron chi connectivity index (χ2n) is 2.81. The van der Waals surface area contributed by atoms with Crippen molar-refractivity contribution in [3.05, 3.63) is 45.7 Å². The van der Waals surface area contributed by atoms with Gasteiger partial charge in [0.2, 0.25) is 5.78 Å². The Kier molecular flexibility index (Phi) is 2.70. The molecular weight excluding hydrogens is 237 g/mol. The summed E-state index contributed by atoms with van der Waals surface area (Å²) in [4.78, 5) is 11.8. The van der Waals surface area contributed by atoms with E-state index >= 15 is 0 Å². The van der Waals surface area contributed by atoms with Crippen molar-refractivity contribution in [2.24, 2.45) is 0 Å². The molecule has 76 valence electrons. The fourth-order valence-corrected chi connectivity index (χ4v) is 1.62. The van der Waals surface area contributed by atoms with Gasteiger partial charge in [-0.2, -0.15) is 15.4 Å². The van der Waals surface area contributed by atoms with E-state index in [9.17, 15) is 4.79 Å². The number of nitrogens with zero attached hydrogens (tertiary/aromatic N) is 2. The summed E-state index contributed by atoms with van der Waals surface area (Å²) in [5.74, 6) is -0.287. The molecule has 1 aromatic carbocycles. The van der Waals surface area contributed by atoms with Gasteiger partial charge in [-0.15, -0.1) is 0 Å². The number of aromatic amines is 1. The van der Waals surface area contributed by atoms with Gasteiger partial charge in [0, 0.05) is 10.6 Å². The Morgan fingerprint density at radius 1 is 1.33 bits per heavy atom. The van der Waals surface area contributed by atoms with Crippen LogP contribution in [0.25, 0.3) is 0 Å². The van der Waals surface area contributed by atoms with Crippen LogP contribution in [0.5, 0.6) is 0 Å². The summed E-state index contributed by atoms with van der Waals surface area (Å²) < 4.78 is 0. The van der Waals surface area contributed by atoms with Crippen molar-refractivity contribution in [3.63, 3.8) is 0 Å². The number of hydrogen-bond donors (Lipinski definition) is 1. The van der Waals surface area contributed by atoms with E-state index in [4.69, 9.17) is 23.2 Å². The van der Waals surface area contributed by atoms with Gasteiger partial charge in [-0.1, -0.05) is 23.2 Å². The summed E-state index contributed by atoms with van der Waals surface area (Å²) in [6.45, 7) is 0. The molecule has 0 aliphatic heterocycles. The Balaban J connectivity index is 2.42. The van der Waals surface area contributed by atoms with E-state index in [0.29, 0.717) is 15.6 Å². The molecule has 0 radical (unpaired) electrons. The van der Waals surface area contributed by atoms with Gasteiger partial charge in [0.25, 0.3) is 0 Å². The van der Waals surface area contributed by atoms with E-state index in [1.54, 1.807) is 12.1 Å². The Morgan fingerprint density at radius 2 is 2.13 bits per heavy atom. The van der Waals surface area contributed by atoms with Crippen molar-refractivity contribution in [3.8, 4) is 0 Å². The lowest BCUT2D eigenvalue weighted by Gasteiger charge is -2.00. The first kappa shape index (κ1) is 10.1. The minimum Gasteiger partial charge on any atom is -0.287 e. The molecule has 0 amide bonds. The molecule has 1 aromatic heterocycles. The number of benzene rings is 1. The number of H-pyrrole nitrogens is 1. The van der Waals surface area contributed by atoms with Crippen LogP contribution in [0.1, 0.15) is 16.1 Å². The molecule has 0 spiro atoms. The van der Waals surface area contributed by atoms with E-state index in [0.717, 1.165) is 0 Å². The highest BCUT2D eigenvalue weighted by molar-refractivity contribution is 6.37. The molecule has 2 rings (SSSR count). The first-order valence-electron chi connectivity index (χ1n) is 4.04. The fourth-order valence-electron chi connectivity index (χ4n) is 1.12. The number of rotatable bonds is 2. The molecule has 2 aromatic rings. The van der Waals surface area contributed by atoms with Crippen molar-refractivity contribution < 1.29 is 4.79 Å². The molecule has 0 aliphatic rings. The molecule has 1 N–H and O–H groups in total. The summed E-state index contributed by atoms with van der Waals surface area (Å²) >= 11 is 11.6. The monoisotopic (exact) mass is 241 g/mol. The quantitative estimate of drug-likeness (QED) is 0.822. The summed E-state index contributed by atoms with van der Waals surface area (Å²) in [7, 11) is 0. The standard InChI is InChI=1S/C9H5Cl2N3O/c10-5-1-2-6(7(11)3-5)9(15)8-4-12-14-13-8/h1-4H,(H,12,13,14). The SMILES string of the molecule is O=C(c1cn[nH]n1)c1ccc(Cl)cc1Cl. The Labute approximate surface area is 95.2 Å². The fraction of sp³-hybridized carbons (Fsp3) is 0. The van der Waals surface area contributed by atoms with Crippen LogP contribution in [-0.4, -0.2) is 21.2 Å². The third-order valence-corrected chi connectivity index (χ3v) is 2.37. The molecule has 0 atom stereocenters. The molecule has 0 bridgehead atoms. The zero-order valence-corrected chi connectivity index (χ0v) is 8.88. The smallest absolute Gasteiger partial charge is 0.216 e. The Hall–Kier alpha value is -1.39. The highest BCUT2D eigenvalue weighted by atomic mass is 35.5. The van der Waals surface area contributed by atoms with Crippen molar-refractivity contribution in [1.82, 2.24) is 15.4 Å². The third-order valence-electron chi connectivity index (χ3n) is 1.82. The maximum absolute atomic E-state index is 11.8. The molecule has 0 aliphatic carbocycles. The van der Waals surface area contributed by atoms with Gasteiger partial charge in [-0.3, -0.25) is 4.79 Å². The van der Waals surface area contributed by atoms with E-state index in [-0.39, 0.29) is 11.5 Å². The van der Waals surface area contributed by atoms with E-state index in [1.807, 2.05) is 0 Å². The average molecular weight is 242 g/mol. The first-order valence-corrected chi connectivity index (χ1v) is 4.79. The lowest BCUT2D eigenvalue weighted by Crippen LogP contribution is -2.02. The van der Waals surface area contributed by atoms with Gasteiger partial charge < -0.3 is 0 Å². The maximum Gasteiger partial charge on any atom is 0.216 e. The van der Waals surface area contributed by atoms with Crippen molar-refractivity contribution in [2.45, 2.75) is 0 Å². The number of aromatic nitrogens is 3. The Bertz CT molecular complexity index is 496. The number of hydrogen-bond acceptors (Lipinski definition) is 3. The highest BCUT2D eigenvalue weighted by Crippen LogP contribution is 2.22. The van der Waals surface area contributed by atoms with Gasteiger partial charge in [0.15, 0.2) is 5.69 Å². The predicted molar refractivity (Wildman–Crippen MR) is 56.3 cm³/mol. The molecule has 4 nitrogen and oxygen atoms in total. The molecule has 0 fully saturated rings. The topological polar surface area (TPSA) is 58.6 Å². The van der Waals surface area contributed by atoms with Crippen LogP contribution in [0.15, 0.2) is 24.4 Å². The number of ketones is 1. The van der Waals surface area contributed by atoms with Crippen LogP contribution in [0.2, 0.25) is 10.0 Å². The molecule has 15 heavy (non-hydrogen) atoms. The molecule has 1 heterocycles. The van der Waals surface area contributed by atoms with Crippen molar-refractivity contribution in [2.75, 3.05) is 0 Å². The molecule has 0 saturated heterocycles. The molecular formula is C9H5Cl2N3O. The minimum absolute atomic E-state index is 0.222.